The van der Waals surface area contributed by atoms with E-state index in [9.17, 15) is 9.59 Å². The van der Waals surface area contributed by atoms with E-state index in [2.05, 4.69) is 10.7 Å². The van der Waals surface area contributed by atoms with Gasteiger partial charge >= 0.3 is 6.09 Å². The quantitative estimate of drug-likeness (QED) is 0.294. The van der Waals surface area contributed by atoms with Crippen LogP contribution in [0.25, 0.3) is 0 Å². The summed E-state index contributed by atoms with van der Waals surface area (Å²) in [5, 5.41) is 2.67. The molecule has 0 aliphatic carbocycles. The van der Waals surface area contributed by atoms with Gasteiger partial charge in [-0.05, 0) is 24.8 Å². The molecule has 0 saturated heterocycles. The van der Waals surface area contributed by atoms with E-state index >= 15 is 0 Å². The first-order valence-corrected chi connectivity index (χ1v) is 7.12. The minimum Gasteiger partial charge on any atom is -0.445 e. The number of carbonyl (C=O) groups is 2. The molecular formula is C15H23N3O3. The van der Waals surface area contributed by atoms with Crippen molar-refractivity contribution in [3.63, 3.8) is 0 Å². The van der Waals surface area contributed by atoms with E-state index in [0.29, 0.717) is 19.4 Å². The van der Waals surface area contributed by atoms with Crippen LogP contribution < -0.4 is 16.6 Å². The van der Waals surface area contributed by atoms with Gasteiger partial charge in [0.25, 0.3) is 0 Å². The predicted molar refractivity (Wildman–Crippen MR) is 80.0 cm³/mol. The number of carbonyl (C=O) groups excluding carboxylic acids is 2. The third-order valence-corrected chi connectivity index (χ3v) is 3.22. The Hall–Kier alpha value is -2.08. The number of hydrogen-bond donors (Lipinski definition) is 3. The zero-order valence-electron chi connectivity index (χ0n) is 12.3. The van der Waals surface area contributed by atoms with Gasteiger partial charge in [0, 0.05) is 12.5 Å². The highest BCUT2D eigenvalue weighted by atomic mass is 16.5. The van der Waals surface area contributed by atoms with E-state index < -0.39 is 6.09 Å². The van der Waals surface area contributed by atoms with Gasteiger partial charge in [0.2, 0.25) is 5.91 Å². The molecule has 1 rings (SSSR count). The molecule has 116 valence electrons. The van der Waals surface area contributed by atoms with Crippen molar-refractivity contribution in [1.82, 2.24) is 10.7 Å². The Morgan fingerprint density at radius 3 is 2.62 bits per heavy atom. The van der Waals surface area contributed by atoms with Crippen molar-refractivity contribution in [1.29, 1.82) is 0 Å². The van der Waals surface area contributed by atoms with E-state index in [1.54, 1.807) is 0 Å². The topological polar surface area (TPSA) is 93.4 Å². The van der Waals surface area contributed by atoms with Crippen molar-refractivity contribution in [3.05, 3.63) is 35.9 Å². The Bertz CT molecular complexity index is 437. The Morgan fingerprint density at radius 1 is 1.29 bits per heavy atom. The molecule has 0 heterocycles. The lowest BCUT2D eigenvalue weighted by Gasteiger charge is -2.13. The fraction of sp³-hybridized carbons (Fsp3) is 0.467. The lowest BCUT2D eigenvalue weighted by atomic mass is 10.00. The van der Waals surface area contributed by atoms with Crippen LogP contribution in [-0.4, -0.2) is 18.5 Å². The third kappa shape index (κ3) is 6.76. The van der Waals surface area contributed by atoms with Gasteiger partial charge in [0.15, 0.2) is 0 Å². The summed E-state index contributed by atoms with van der Waals surface area (Å²) in [7, 11) is 0. The maximum Gasteiger partial charge on any atom is 0.407 e. The molecule has 0 fully saturated rings. The first kappa shape index (κ1) is 17.0. The fourth-order valence-corrected chi connectivity index (χ4v) is 1.95. The van der Waals surface area contributed by atoms with Gasteiger partial charge < -0.3 is 10.1 Å². The van der Waals surface area contributed by atoms with Gasteiger partial charge in [-0.2, -0.15) is 0 Å². The van der Waals surface area contributed by atoms with E-state index in [-0.39, 0.29) is 18.4 Å². The van der Waals surface area contributed by atoms with Crippen LogP contribution in [0.1, 0.15) is 31.7 Å². The highest BCUT2D eigenvalue weighted by Crippen LogP contribution is 2.10. The van der Waals surface area contributed by atoms with Gasteiger partial charge in [-0.1, -0.05) is 37.3 Å². The maximum absolute atomic E-state index is 11.5. The van der Waals surface area contributed by atoms with Gasteiger partial charge in [-0.25, -0.2) is 10.6 Å². The summed E-state index contributed by atoms with van der Waals surface area (Å²) in [4.78, 5) is 22.9. The molecule has 2 amide bonds. The molecule has 4 N–H and O–H groups in total. The molecule has 1 aromatic carbocycles. The van der Waals surface area contributed by atoms with Gasteiger partial charge in [-0.3, -0.25) is 10.2 Å². The molecule has 0 aromatic heterocycles. The second kappa shape index (κ2) is 9.77. The van der Waals surface area contributed by atoms with E-state index in [1.165, 1.54) is 0 Å². The Balaban J connectivity index is 2.14. The second-order valence-corrected chi connectivity index (χ2v) is 4.74. The highest BCUT2D eigenvalue weighted by molar-refractivity contribution is 5.77. The van der Waals surface area contributed by atoms with Crippen molar-refractivity contribution in [2.45, 2.75) is 32.8 Å². The lowest BCUT2D eigenvalue weighted by molar-refractivity contribution is -0.125. The first-order chi connectivity index (χ1) is 10.2. The molecule has 1 aromatic rings. The summed E-state index contributed by atoms with van der Waals surface area (Å²) in [5.74, 6) is 4.83. The fourth-order valence-electron chi connectivity index (χ4n) is 1.95. The molecule has 0 radical (unpaired) electrons. The van der Waals surface area contributed by atoms with Gasteiger partial charge in [0.1, 0.15) is 6.61 Å². The number of ether oxygens (including phenoxy) is 1. The number of hydrogen-bond acceptors (Lipinski definition) is 4. The van der Waals surface area contributed by atoms with Crippen molar-refractivity contribution < 1.29 is 14.3 Å². The molecular weight excluding hydrogens is 270 g/mol. The minimum absolute atomic E-state index is 0.114. The van der Waals surface area contributed by atoms with E-state index in [0.717, 1.165) is 12.0 Å². The summed E-state index contributed by atoms with van der Waals surface area (Å²) in [5.41, 5.74) is 3.10. The van der Waals surface area contributed by atoms with Crippen molar-refractivity contribution >= 4 is 12.0 Å². The minimum atomic E-state index is -0.449. The third-order valence-electron chi connectivity index (χ3n) is 3.22. The molecule has 21 heavy (non-hydrogen) atoms. The van der Waals surface area contributed by atoms with Crippen LogP contribution in [0.5, 0.6) is 0 Å². The van der Waals surface area contributed by atoms with Gasteiger partial charge in [-0.15, -0.1) is 0 Å². The number of hydrazine groups is 1. The molecule has 0 spiro atoms. The zero-order valence-corrected chi connectivity index (χ0v) is 12.3. The zero-order chi connectivity index (χ0) is 15.5. The van der Waals surface area contributed by atoms with Crippen LogP contribution in [0.2, 0.25) is 0 Å². The van der Waals surface area contributed by atoms with Crippen LogP contribution in [0, 0.1) is 5.92 Å². The molecule has 1 unspecified atom stereocenters. The Morgan fingerprint density at radius 2 is 2.00 bits per heavy atom. The first-order valence-electron chi connectivity index (χ1n) is 7.12. The number of alkyl carbamates (subject to hydrolysis) is 1. The number of nitrogens with one attached hydrogen (secondary N) is 2. The maximum atomic E-state index is 11.5. The van der Waals surface area contributed by atoms with Crippen LogP contribution in [0.15, 0.2) is 30.3 Å². The normalized spacial score (nSPS) is 11.5. The molecule has 6 nitrogen and oxygen atoms in total. The molecule has 0 aliphatic heterocycles. The SMILES string of the molecule is CCC(CCCNC(=O)OCc1ccccc1)C(=O)NN. The number of amides is 2. The molecule has 0 bridgehead atoms. The van der Waals surface area contributed by atoms with E-state index in [1.807, 2.05) is 37.3 Å². The summed E-state index contributed by atoms with van der Waals surface area (Å²) >= 11 is 0. The average Bonchev–Trinajstić information content (AvgIpc) is 2.53. The average molecular weight is 293 g/mol. The number of nitrogens with two attached hydrogens (primary N) is 1. The van der Waals surface area contributed by atoms with Crippen LogP contribution in [-0.2, 0) is 16.1 Å². The lowest BCUT2D eigenvalue weighted by Crippen LogP contribution is -2.36. The van der Waals surface area contributed by atoms with Crippen molar-refractivity contribution in [2.24, 2.45) is 11.8 Å². The highest BCUT2D eigenvalue weighted by Gasteiger charge is 2.14. The summed E-state index contributed by atoms with van der Waals surface area (Å²) < 4.78 is 5.08. The molecule has 6 heteroatoms. The van der Waals surface area contributed by atoms with Crippen molar-refractivity contribution in [2.75, 3.05) is 6.54 Å². The molecule has 1 atom stereocenters. The molecule has 0 saturated carbocycles. The number of benzene rings is 1. The largest absolute Gasteiger partial charge is 0.445 e. The second-order valence-electron chi connectivity index (χ2n) is 4.74. The standard InChI is InChI=1S/C15H23N3O3/c1-2-13(14(19)18-16)9-6-10-17-15(20)21-11-12-7-4-3-5-8-12/h3-5,7-8,13H,2,6,9-11,16H2,1H3,(H,17,20)(H,18,19). The smallest absolute Gasteiger partial charge is 0.407 e. The monoisotopic (exact) mass is 293 g/mol. The molecule has 0 aliphatic rings. The van der Waals surface area contributed by atoms with Crippen LogP contribution in [0.3, 0.4) is 0 Å². The number of rotatable bonds is 8. The van der Waals surface area contributed by atoms with Crippen molar-refractivity contribution in [3.8, 4) is 0 Å². The predicted octanol–water partition coefficient (Wildman–Crippen LogP) is 1.71. The summed E-state index contributed by atoms with van der Waals surface area (Å²) in [6.07, 6.45) is 1.65. The Labute approximate surface area is 125 Å². The van der Waals surface area contributed by atoms with E-state index in [4.69, 9.17) is 10.6 Å². The van der Waals surface area contributed by atoms with Crippen LogP contribution in [0.4, 0.5) is 4.79 Å². The van der Waals surface area contributed by atoms with Crippen LogP contribution >= 0.6 is 0 Å². The van der Waals surface area contributed by atoms with Gasteiger partial charge in [0.05, 0.1) is 0 Å². The summed E-state index contributed by atoms with van der Waals surface area (Å²) in [6.45, 7) is 2.66. The Kier molecular flexibility index (Phi) is 7.89. The summed E-state index contributed by atoms with van der Waals surface area (Å²) in [6, 6.07) is 9.48.